The zero-order valence-corrected chi connectivity index (χ0v) is 23.6. The number of thioether (sulfide) groups is 1. The standard InChI is InChI=1S/C30H34N4O5S/c1-20-11-7-8-14-22(20)18-32-27(36)26-30(2,3)40-19-34(26)28(37)25(35)23(17-21-12-5-4-6-13-21)33-29(38)39-24-15-9-10-16-31-24/h4-16,23,25-26,35H,17-19H2,1-3H3,(H,32,36)(H,33,38)/t23-,25-,26?/m0/s1. The summed E-state index contributed by atoms with van der Waals surface area (Å²) in [5.41, 5.74) is 2.84. The number of carbonyl (C=O) groups is 3. The number of nitrogens with one attached hydrogen (secondary N) is 2. The molecule has 3 atom stereocenters. The van der Waals surface area contributed by atoms with Crippen LogP contribution in [-0.4, -0.2) is 61.7 Å². The molecule has 1 unspecified atom stereocenters. The number of carbonyl (C=O) groups excluding carboxylic acids is 3. The van der Waals surface area contributed by atoms with Crippen molar-refractivity contribution in [2.45, 2.75) is 56.7 Å². The molecule has 40 heavy (non-hydrogen) atoms. The fraction of sp³-hybridized carbons (Fsp3) is 0.333. The van der Waals surface area contributed by atoms with Gasteiger partial charge in [0.1, 0.15) is 6.04 Å². The lowest BCUT2D eigenvalue weighted by Crippen LogP contribution is -2.58. The van der Waals surface area contributed by atoms with E-state index in [0.29, 0.717) is 6.54 Å². The number of hydrogen-bond acceptors (Lipinski definition) is 7. The summed E-state index contributed by atoms with van der Waals surface area (Å²) in [5, 5.41) is 16.9. The third-order valence-electron chi connectivity index (χ3n) is 6.86. The van der Waals surface area contributed by atoms with Crippen LogP contribution in [0.2, 0.25) is 0 Å². The molecular formula is C30H34N4O5S. The average molecular weight is 563 g/mol. The molecule has 2 aromatic carbocycles. The molecule has 0 bridgehead atoms. The maximum Gasteiger partial charge on any atom is 0.414 e. The van der Waals surface area contributed by atoms with Crippen LogP contribution in [0.4, 0.5) is 4.79 Å². The predicted molar refractivity (Wildman–Crippen MR) is 154 cm³/mol. The number of ether oxygens (including phenoxy) is 1. The smallest absolute Gasteiger partial charge is 0.391 e. The van der Waals surface area contributed by atoms with Crippen LogP contribution in [-0.2, 0) is 22.6 Å². The van der Waals surface area contributed by atoms with Crippen LogP contribution in [0, 0.1) is 6.92 Å². The van der Waals surface area contributed by atoms with Gasteiger partial charge in [0.25, 0.3) is 5.91 Å². The first-order valence-electron chi connectivity index (χ1n) is 13.0. The maximum absolute atomic E-state index is 13.7. The van der Waals surface area contributed by atoms with Gasteiger partial charge in [-0.15, -0.1) is 11.8 Å². The fourth-order valence-corrected chi connectivity index (χ4v) is 5.78. The van der Waals surface area contributed by atoms with Gasteiger partial charge in [0.05, 0.1) is 11.9 Å². The molecule has 0 radical (unpaired) electrons. The Morgan fingerprint density at radius 2 is 1.77 bits per heavy atom. The number of aryl methyl sites for hydroxylation is 1. The van der Waals surface area contributed by atoms with E-state index in [1.807, 2.05) is 75.4 Å². The van der Waals surface area contributed by atoms with Crippen molar-refractivity contribution < 1.29 is 24.2 Å². The van der Waals surface area contributed by atoms with Gasteiger partial charge in [-0.05, 0) is 49.9 Å². The van der Waals surface area contributed by atoms with Gasteiger partial charge in [0, 0.05) is 23.6 Å². The molecule has 0 spiro atoms. The number of pyridine rings is 1. The van der Waals surface area contributed by atoms with Crippen molar-refractivity contribution in [3.05, 3.63) is 95.7 Å². The zero-order chi connectivity index (χ0) is 28.7. The Balaban J connectivity index is 1.51. The van der Waals surface area contributed by atoms with Crippen LogP contribution in [0.25, 0.3) is 0 Å². The third-order valence-corrected chi connectivity index (χ3v) is 8.24. The molecule has 0 saturated carbocycles. The molecule has 1 aliphatic heterocycles. The molecule has 9 nitrogen and oxygen atoms in total. The van der Waals surface area contributed by atoms with Crippen LogP contribution in [0.3, 0.4) is 0 Å². The van der Waals surface area contributed by atoms with Gasteiger partial charge in [-0.3, -0.25) is 9.59 Å². The van der Waals surface area contributed by atoms with Crippen molar-refractivity contribution in [1.29, 1.82) is 0 Å². The SMILES string of the molecule is Cc1ccccc1CNC(=O)C1N(C(=O)[C@@H](O)[C@H](Cc2ccccc2)NC(=O)Oc2ccccn2)CSC1(C)C. The highest BCUT2D eigenvalue weighted by atomic mass is 32.2. The quantitative estimate of drug-likeness (QED) is 0.365. The van der Waals surface area contributed by atoms with E-state index in [1.165, 1.54) is 28.9 Å². The van der Waals surface area contributed by atoms with E-state index in [-0.39, 0.29) is 24.1 Å². The Bertz CT molecular complexity index is 1320. The number of rotatable bonds is 9. The number of hydrogen-bond donors (Lipinski definition) is 3. The maximum atomic E-state index is 13.7. The first-order chi connectivity index (χ1) is 19.2. The van der Waals surface area contributed by atoms with Gasteiger partial charge in [0.15, 0.2) is 6.10 Å². The zero-order valence-electron chi connectivity index (χ0n) is 22.7. The summed E-state index contributed by atoms with van der Waals surface area (Å²) < 4.78 is 4.66. The van der Waals surface area contributed by atoms with Gasteiger partial charge in [-0.1, -0.05) is 60.7 Å². The van der Waals surface area contributed by atoms with Crippen LogP contribution in [0.15, 0.2) is 79.0 Å². The average Bonchev–Trinajstić information content (AvgIpc) is 3.27. The monoisotopic (exact) mass is 562 g/mol. The van der Waals surface area contributed by atoms with E-state index < -0.39 is 34.9 Å². The number of benzene rings is 2. The lowest BCUT2D eigenvalue weighted by Gasteiger charge is -2.33. The first-order valence-corrected chi connectivity index (χ1v) is 14.0. The summed E-state index contributed by atoms with van der Waals surface area (Å²) in [6.45, 7) is 6.10. The number of aliphatic hydroxyl groups excluding tert-OH is 1. The Morgan fingerprint density at radius 1 is 1.07 bits per heavy atom. The molecule has 0 aliphatic carbocycles. The van der Waals surface area contributed by atoms with Gasteiger partial charge in [0.2, 0.25) is 11.8 Å². The second-order valence-corrected chi connectivity index (χ2v) is 11.8. The number of amides is 3. The van der Waals surface area contributed by atoms with Gasteiger partial charge >= 0.3 is 6.09 Å². The van der Waals surface area contributed by atoms with E-state index in [4.69, 9.17) is 4.74 Å². The molecule has 10 heteroatoms. The van der Waals surface area contributed by atoms with Crippen molar-refractivity contribution >= 4 is 29.7 Å². The molecular weight excluding hydrogens is 528 g/mol. The topological polar surface area (TPSA) is 121 Å². The van der Waals surface area contributed by atoms with Crippen molar-refractivity contribution in [3.63, 3.8) is 0 Å². The second kappa shape index (κ2) is 13.0. The first kappa shape index (κ1) is 29.1. The molecule has 3 amide bonds. The number of nitrogens with zero attached hydrogens (tertiary/aromatic N) is 2. The van der Waals surface area contributed by atoms with Crippen molar-refractivity contribution in [1.82, 2.24) is 20.5 Å². The Hall–Kier alpha value is -3.89. The van der Waals surface area contributed by atoms with Crippen LogP contribution >= 0.6 is 11.8 Å². The summed E-state index contributed by atoms with van der Waals surface area (Å²) in [7, 11) is 0. The minimum Gasteiger partial charge on any atom is -0.391 e. The molecule has 1 fully saturated rings. The van der Waals surface area contributed by atoms with E-state index >= 15 is 0 Å². The molecule has 3 aromatic rings. The summed E-state index contributed by atoms with van der Waals surface area (Å²) in [5.74, 6) is -0.640. The van der Waals surface area contributed by atoms with E-state index in [0.717, 1.165) is 16.7 Å². The fourth-order valence-electron chi connectivity index (χ4n) is 4.64. The molecule has 1 aromatic heterocycles. The van der Waals surface area contributed by atoms with Crippen molar-refractivity contribution in [2.24, 2.45) is 0 Å². The number of aromatic nitrogens is 1. The van der Waals surface area contributed by atoms with Crippen molar-refractivity contribution in [2.75, 3.05) is 5.88 Å². The minimum absolute atomic E-state index is 0.0855. The largest absolute Gasteiger partial charge is 0.414 e. The lowest BCUT2D eigenvalue weighted by atomic mass is 9.97. The van der Waals surface area contributed by atoms with E-state index in [9.17, 15) is 19.5 Å². The molecule has 3 N–H and O–H groups in total. The third kappa shape index (κ3) is 7.19. The number of aliphatic hydroxyl groups is 1. The Morgan fingerprint density at radius 3 is 2.48 bits per heavy atom. The van der Waals surface area contributed by atoms with Gasteiger partial charge in [-0.2, -0.15) is 0 Å². The summed E-state index contributed by atoms with van der Waals surface area (Å²) in [4.78, 5) is 45.2. The summed E-state index contributed by atoms with van der Waals surface area (Å²) >= 11 is 1.46. The van der Waals surface area contributed by atoms with E-state index in [2.05, 4.69) is 15.6 Å². The molecule has 2 heterocycles. The van der Waals surface area contributed by atoms with Gasteiger partial charge < -0.3 is 25.4 Å². The molecule has 4 rings (SSSR count). The highest BCUT2D eigenvalue weighted by molar-refractivity contribution is 8.00. The predicted octanol–water partition coefficient (Wildman–Crippen LogP) is 3.45. The van der Waals surface area contributed by atoms with Crippen LogP contribution in [0.1, 0.15) is 30.5 Å². The Labute approximate surface area is 238 Å². The highest BCUT2D eigenvalue weighted by Crippen LogP contribution is 2.40. The summed E-state index contributed by atoms with van der Waals surface area (Å²) in [6, 6.07) is 20.0. The second-order valence-electron chi connectivity index (χ2n) is 10.2. The highest BCUT2D eigenvalue weighted by Gasteiger charge is 2.49. The summed E-state index contributed by atoms with van der Waals surface area (Å²) in [6.07, 6.45) is -0.827. The van der Waals surface area contributed by atoms with Crippen LogP contribution < -0.4 is 15.4 Å². The molecule has 1 saturated heterocycles. The van der Waals surface area contributed by atoms with Crippen molar-refractivity contribution in [3.8, 4) is 5.88 Å². The van der Waals surface area contributed by atoms with Crippen LogP contribution in [0.5, 0.6) is 5.88 Å². The van der Waals surface area contributed by atoms with Gasteiger partial charge in [-0.25, -0.2) is 9.78 Å². The lowest BCUT2D eigenvalue weighted by molar-refractivity contribution is -0.147. The molecule has 210 valence electrons. The normalized spacial score (nSPS) is 17.5. The molecule has 1 aliphatic rings. The van der Waals surface area contributed by atoms with E-state index in [1.54, 1.807) is 12.1 Å². The minimum atomic E-state index is -1.63. The Kier molecular flexibility index (Phi) is 9.44.